The van der Waals surface area contributed by atoms with E-state index in [1.165, 1.54) is 26.4 Å². The third-order valence-electron chi connectivity index (χ3n) is 2.82. The summed E-state index contributed by atoms with van der Waals surface area (Å²) in [7, 11) is 2.52. The topological polar surface area (TPSA) is 61.8 Å². The number of ether oxygens (including phenoxy) is 3. The summed E-state index contributed by atoms with van der Waals surface area (Å²) in [5.41, 5.74) is 0. The summed E-state index contributed by atoms with van der Waals surface area (Å²) in [5.74, 6) is -2.52. The summed E-state index contributed by atoms with van der Waals surface area (Å²) in [6, 6.07) is 0. The average Bonchev–Trinajstić information content (AvgIpc) is 2.75. The van der Waals surface area contributed by atoms with Crippen LogP contribution in [0.5, 0.6) is 0 Å². The number of esters is 2. The van der Waals surface area contributed by atoms with Crippen LogP contribution in [-0.2, 0) is 23.8 Å². The zero-order chi connectivity index (χ0) is 13.0. The molecule has 1 heterocycles. The molecule has 0 radical (unpaired) electrons. The Morgan fingerprint density at radius 2 is 1.35 bits per heavy atom. The minimum absolute atomic E-state index is 0.519. The molecule has 1 aliphatic heterocycles. The Labute approximate surface area is 100 Å². The first-order valence-corrected chi connectivity index (χ1v) is 5.16. The first-order valence-electron chi connectivity index (χ1n) is 5.16. The highest BCUT2D eigenvalue weighted by atomic mass is 16.5. The molecule has 5 nitrogen and oxygen atoms in total. The Bertz CT molecular complexity index is 304. The second-order valence-electron chi connectivity index (χ2n) is 3.63. The van der Waals surface area contributed by atoms with Gasteiger partial charge in [-0.05, 0) is 0 Å². The van der Waals surface area contributed by atoms with Crippen molar-refractivity contribution in [3.8, 4) is 0 Å². The van der Waals surface area contributed by atoms with Gasteiger partial charge in [0.2, 0.25) is 0 Å². The maximum absolute atomic E-state index is 11.7. The summed E-state index contributed by atoms with van der Waals surface area (Å²) in [4.78, 5) is 23.4. The van der Waals surface area contributed by atoms with Crippen LogP contribution in [0.2, 0.25) is 0 Å². The van der Waals surface area contributed by atoms with Gasteiger partial charge in [0.15, 0.2) is 0 Å². The molecule has 1 rings (SSSR count). The Morgan fingerprint density at radius 1 is 1.00 bits per heavy atom. The van der Waals surface area contributed by atoms with Gasteiger partial charge in [-0.25, -0.2) is 0 Å². The number of hydrogen-bond donors (Lipinski definition) is 0. The van der Waals surface area contributed by atoms with Crippen molar-refractivity contribution >= 4 is 11.9 Å². The largest absolute Gasteiger partial charge is 0.469 e. The molecule has 0 aliphatic carbocycles. The van der Waals surface area contributed by atoms with Gasteiger partial charge in [0, 0.05) is 0 Å². The third-order valence-corrected chi connectivity index (χ3v) is 2.82. The van der Waals surface area contributed by atoms with Gasteiger partial charge in [-0.15, -0.1) is 13.2 Å². The normalized spacial score (nSPS) is 31.6. The number of methoxy groups -OCH3 is 2. The molecule has 1 aliphatic rings. The van der Waals surface area contributed by atoms with Crippen molar-refractivity contribution in [3.05, 3.63) is 25.3 Å². The molecule has 0 aromatic rings. The standard InChI is InChI=1S/C12H16O5/c1-5-7-9(11(13)15-3)10(12(14)16-4)8(6-2)17-7/h5-10H,1-2H2,3-4H3. The average molecular weight is 240 g/mol. The van der Waals surface area contributed by atoms with Gasteiger partial charge < -0.3 is 14.2 Å². The lowest BCUT2D eigenvalue weighted by Crippen LogP contribution is -2.35. The number of carbonyl (C=O) groups excluding carboxylic acids is 2. The Hall–Kier alpha value is -1.62. The van der Waals surface area contributed by atoms with Crippen LogP contribution in [0.1, 0.15) is 0 Å². The zero-order valence-electron chi connectivity index (χ0n) is 9.92. The second-order valence-corrected chi connectivity index (χ2v) is 3.63. The van der Waals surface area contributed by atoms with Gasteiger partial charge in [0.05, 0.1) is 26.4 Å². The molecule has 0 amide bonds. The van der Waals surface area contributed by atoms with E-state index in [0.29, 0.717) is 0 Å². The molecule has 1 saturated heterocycles. The maximum atomic E-state index is 11.7. The molecular formula is C12H16O5. The van der Waals surface area contributed by atoms with Gasteiger partial charge >= 0.3 is 11.9 Å². The number of hydrogen-bond acceptors (Lipinski definition) is 5. The fourth-order valence-corrected chi connectivity index (χ4v) is 2.00. The monoisotopic (exact) mass is 240 g/mol. The molecule has 0 spiro atoms. The van der Waals surface area contributed by atoms with E-state index in [9.17, 15) is 9.59 Å². The SMILES string of the molecule is C=CC1OC(C=C)C(C(=O)OC)C1C(=O)OC. The molecule has 0 aromatic heterocycles. The highest BCUT2D eigenvalue weighted by Crippen LogP contribution is 2.35. The van der Waals surface area contributed by atoms with E-state index in [1.807, 2.05) is 0 Å². The van der Waals surface area contributed by atoms with Gasteiger partial charge in [-0.2, -0.15) is 0 Å². The Kier molecular flexibility index (Phi) is 4.45. The lowest BCUT2D eigenvalue weighted by molar-refractivity contribution is -0.156. The van der Waals surface area contributed by atoms with E-state index < -0.39 is 36.0 Å². The van der Waals surface area contributed by atoms with E-state index in [2.05, 4.69) is 22.6 Å². The minimum Gasteiger partial charge on any atom is -0.469 e. The maximum Gasteiger partial charge on any atom is 0.312 e. The van der Waals surface area contributed by atoms with Crippen molar-refractivity contribution in [1.29, 1.82) is 0 Å². The first-order chi connectivity index (χ1) is 8.10. The van der Waals surface area contributed by atoms with Crippen LogP contribution in [0.3, 0.4) is 0 Å². The van der Waals surface area contributed by atoms with Crippen molar-refractivity contribution < 1.29 is 23.8 Å². The second kappa shape index (κ2) is 5.63. The summed E-state index contributed by atoms with van der Waals surface area (Å²) in [6.07, 6.45) is 1.80. The lowest BCUT2D eigenvalue weighted by Gasteiger charge is -2.17. The van der Waals surface area contributed by atoms with Crippen LogP contribution < -0.4 is 0 Å². The van der Waals surface area contributed by atoms with E-state index in [4.69, 9.17) is 4.74 Å². The molecule has 1 fully saturated rings. The fourth-order valence-electron chi connectivity index (χ4n) is 2.00. The summed E-state index contributed by atoms with van der Waals surface area (Å²) in [6.45, 7) is 7.16. The van der Waals surface area contributed by atoms with Crippen molar-refractivity contribution in [3.63, 3.8) is 0 Å². The molecule has 94 valence electrons. The Morgan fingerprint density at radius 3 is 1.59 bits per heavy atom. The van der Waals surface area contributed by atoms with E-state index in [0.717, 1.165) is 0 Å². The summed E-state index contributed by atoms with van der Waals surface area (Å²) in [5, 5.41) is 0. The summed E-state index contributed by atoms with van der Waals surface area (Å²) < 4.78 is 14.8. The predicted octanol–water partition coefficient (Wildman–Crippen LogP) is 0.704. The number of carbonyl (C=O) groups is 2. The van der Waals surface area contributed by atoms with Crippen molar-refractivity contribution in [2.24, 2.45) is 11.8 Å². The predicted molar refractivity (Wildman–Crippen MR) is 60.1 cm³/mol. The van der Waals surface area contributed by atoms with Crippen molar-refractivity contribution in [2.75, 3.05) is 14.2 Å². The Balaban J connectivity index is 3.07. The molecular weight excluding hydrogens is 224 g/mol. The van der Waals surface area contributed by atoms with Gasteiger partial charge in [-0.1, -0.05) is 12.2 Å². The molecule has 5 heteroatoms. The van der Waals surface area contributed by atoms with Crippen molar-refractivity contribution in [1.82, 2.24) is 0 Å². The highest BCUT2D eigenvalue weighted by Gasteiger charge is 2.51. The van der Waals surface area contributed by atoms with E-state index in [-0.39, 0.29) is 0 Å². The quantitative estimate of drug-likeness (QED) is 0.535. The first kappa shape index (κ1) is 13.4. The van der Waals surface area contributed by atoms with Gasteiger partial charge in [-0.3, -0.25) is 9.59 Å². The van der Waals surface area contributed by atoms with Crippen LogP contribution in [-0.4, -0.2) is 38.4 Å². The molecule has 0 N–H and O–H groups in total. The smallest absolute Gasteiger partial charge is 0.312 e. The molecule has 17 heavy (non-hydrogen) atoms. The van der Waals surface area contributed by atoms with E-state index >= 15 is 0 Å². The van der Waals surface area contributed by atoms with Crippen LogP contribution in [0.25, 0.3) is 0 Å². The van der Waals surface area contributed by atoms with Gasteiger partial charge in [0.25, 0.3) is 0 Å². The van der Waals surface area contributed by atoms with Crippen LogP contribution in [0.4, 0.5) is 0 Å². The fraction of sp³-hybridized carbons (Fsp3) is 0.500. The van der Waals surface area contributed by atoms with Crippen LogP contribution in [0, 0.1) is 11.8 Å². The molecule has 0 bridgehead atoms. The zero-order valence-corrected chi connectivity index (χ0v) is 9.92. The number of rotatable bonds is 4. The lowest BCUT2D eigenvalue weighted by atomic mass is 9.87. The third kappa shape index (κ3) is 2.39. The van der Waals surface area contributed by atoms with Crippen LogP contribution in [0.15, 0.2) is 25.3 Å². The van der Waals surface area contributed by atoms with E-state index in [1.54, 1.807) is 0 Å². The molecule has 0 saturated carbocycles. The van der Waals surface area contributed by atoms with Crippen molar-refractivity contribution in [2.45, 2.75) is 12.2 Å². The van der Waals surface area contributed by atoms with Crippen LogP contribution >= 0.6 is 0 Å². The summed E-state index contributed by atoms with van der Waals surface area (Å²) >= 11 is 0. The molecule has 4 atom stereocenters. The molecule has 4 unspecified atom stereocenters. The molecule has 0 aromatic carbocycles. The van der Waals surface area contributed by atoms with Gasteiger partial charge in [0.1, 0.15) is 11.8 Å². The highest BCUT2D eigenvalue weighted by molar-refractivity contribution is 5.84. The minimum atomic E-state index is -0.743.